The molecule has 2 nitrogen and oxygen atoms in total. The van der Waals surface area contributed by atoms with Gasteiger partial charge in [0.2, 0.25) is 0 Å². The molecule has 0 spiro atoms. The second kappa shape index (κ2) is 13.6. The minimum atomic E-state index is 0.848. The number of hydrogen-bond acceptors (Lipinski definition) is 2. The molecule has 0 aromatic rings. The van der Waals surface area contributed by atoms with E-state index in [0.717, 1.165) is 12.6 Å². The second-order valence-electron chi connectivity index (χ2n) is 6.94. The van der Waals surface area contributed by atoms with Crippen LogP contribution in [-0.2, 0) is 0 Å². The highest BCUT2D eigenvalue weighted by atomic mass is 15.2. The number of nitrogens with zero attached hydrogens (tertiary/aromatic N) is 1. The van der Waals surface area contributed by atoms with Crippen molar-refractivity contribution in [2.45, 2.75) is 103 Å². The van der Waals surface area contributed by atoms with Crippen LogP contribution in [0.25, 0.3) is 0 Å². The van der Waals surface area contributed by atoms with Crippen LogP contribution in [-0.4, -0.2) is 30.6 Å². The maximum absolute atomic E-state index is 5.66. The Morgan fingerprint density at radius 2 is 1.29 bits per heavy atom. The van der Waals surface area contributed by atoms with Crippen LogP contribution in [0.5, 0.6) is 0 Å². The van der Waals surface area contributed by atoms with E-state index < -0.39 is 0 Å². The molecule has 0 bridgehead atoms. The Morgan fingerprint density at radius 3 is 1.76 bits per heavy atom. The highest BCUT2D eigenvalue weighted by Crippen LogP contribution is 2.25. The van der Waals surface area contributed by atoms with Crippen molar-refractivity contribution in [2.75, 3.05) is 19.6 Å². The van der Waals surface area contributed by atoms with E-state index in [9.17, 15) is 0 Å². The van der Waals surface area contributed by atoms with E-state index in [2.05, 4.69) is 11.8 Å². The average molecular weight is 297 g/mol. The monoisotopic (exact) mass is 296 g/mol. The van der Waals surface area contributed by atoms with Gasteiger partial charge in [0, 0.05) is 6.04 Å². The van der Waals surface area contributed by atoms with Crippen LogP contribution in [0.4, 0.5) is 0 Å². The third-order valence-corrected chi connectivity index (χ3v) is 5.04. The number of unbranched alkanes of at least 4 members (excludes halogenated alkanes) is 9. The molecular formula is C19H40N2. The van der Waals surface area contributed by atoms with Gasteiger partial charge in [-0.2, -0.15) is 0 Å². The zero-order chi connectivity index (χ0) is 15.2. The minimum absolute atomic E-state index is 0.848. The van der Waals surface area contributed by atoms with Crippen LogP contribution >= 0.6 is 0 Å². The maximum Gasteiger partial charge on any atom is 0.00952 e. The normalized spacial score (nSPS) is 15.6. The van der Waals surface area contributed by atoms with Crippen molar-refractivity contribution in [1.82, 2.24) is 4.90 Å². The molecule has 0 radical (unpaired) electrons. The summed E-state index contributed by atoms with van der Waals surface area (Å²) in [6.07, 6.45) is 19.9. The Labute approximate surface area is 133 Å². The molecule has 2 heteroatoms. The lowest BCUT2D eigenvalue weighted by molar-refractivity contribution is 0.124. The van der Waals surface area contributed by atoms with Gasteiger partial charge in [-0.25, -0.2) is 0 Å². The predicted octanol–water partition coefficient (Wildman–Crippen LogP) is 5.11. The number of nitrogens with two attached hydrogens (primary N) is 1. The van der Waals surface area contributed by atoms with Gasteiger partial charge in [0.25, 0.3) is 0 Å². The third-order valence-electron chi connectivity index (χ3n) is 5.04. The summed E-state index contributed by atoms with van der Waals surface area (Å²) in [7, 11) is 0. The van der Waals surface area contributed by atoms with Crippen LogP contribution in [0.2, 0.25) is 0 Å². The van der Waals surface area contributed by atoms with Gasteiger partial charge in [0.1, 0.15) is 0 Å². The quantitative estimate of drug-likeness (QED) is 0.425. The Morgan fingerprint density at radius 1 is 0.762 bits per heavy atom. The zero-order valence-electron chi connectivity index (χ0n) is 14.6. The summed E-state index contributed by atoms with van der Waals surface area (Å²) in [6, 6.07) is 0.898. The molecule has 1 rings (SSSR count). The fourth-order valence-corrected chi connectivity index (χ4v) is 3.33. The Balaban J connectivity index is 1.89. The van der Waals surface area contributed by atoms with E-state index in [-0.39, 0.29) is 0 Å². The van der Waals surface area contributed by atoms with Gasteiger partial charge in [-0.15, -0.1) is 0 Å². The van der Waals surface area contributed by atoms with Gasteiger partial charge in [0.05, 0.1) is 0 Å². The summed E-state index contributed by atoms with van der Waals surface area (Å²) in [5, 5.41) is 0. The molecule has 0 atom stereocenters. The fraction of sp³-hybridized carbons (Fsp3) is 1.00. The van der Waals surface area contributed by atoms with Crippen molar-refractivity contribution in [1.29, 1.82) is 0 Å². The molecule has 0 unspecified atom stereocenters. The summed E-state index contributed by atoms with van der Waals surface area (Å²) in [4.78, 5) is 2.72. The summed E-state index contributed by atoms with van der Waals surface area (Å²) < 4.78 is 0. The molecule has 0 aliphatic heterocycles. The smallest absolute Gasteiger partial charge is 0.00952 e. The summed E-state index contributed by atoms with van der Waals surface area (Å²) >= 11 is 0. The molecule has 1 fully saturated rings. The molecule has 0 saturated heterocycles. The molecule has 0 heterocycles. The first-order valence-electron chi connectivity index (χ1n) is 9.82. The largest absolute Gasteiger partial charge is 0.330 e. The van der Waals surface area contributed by atoms with Crippen molar-refractivity contribution in [3.05, 3.63) is 0 Å². The lowest BCUT2D eigenvalue weighted by atomic mass is 9.91. The maximum atomic E-state index is 5.66. The predicted molar refractivity (Wildman–Crippen MR) is 94.7 cm³/mol. The lowest BCUT2D eigenvalue weighted by Crippen LogP contribution is -2.41. The van der Waals surface area contributed by atoms with Crippen molar-refractivity contribution in [3.8, 4) is 0 Å². The highest BCUT2D eigenvalue weighted by molar-refractivity contribution is 4.80. The first kappa shape index (κ1) is 19.0. The standard InChI is InChI=1S/C19H40N2/c1-2-3-4-5-6-7-8-9-10-11-17-21(18-13-16-20)19-14-12-15-19/h19H,2-18,20H2,1H3. The Kier molecular flexibility index (Phi) is 12.3. The van der Waals surface area contributed by atoms with E-state index in [1.165, 1.54) is 103 Å². The molecule has 21 heavy (non-hydrogen) atoms. The fourth-order valence-electron chi connectivity index (χ4n) is 3.33. The highest BCUT2D eigenvalue weighted by Gasteiger charge is 2.23. The Bertz CT molecular complexity index is 214. The van der Waals surface area contributed by atoms with Gasteiger partial charge < -0.3 is 10.6 Å². The number of hydrogen-bond donors (Lipinski definition) is 1. The van der Waals surface area contributed by atoms with E-state index >= 15 is 0 Å². The molecule has 1 aliphatic rings. The van der Waals surface area contributed by atoms with Crippen molar-refractivity contribution < 1.29 is 0 Å². The van der Waals surface area contributed by atoms with E-state index in [1.54, 1.807) is 0 Å². The molecule has 126 valence electrons. The Hall–Kier alpha value is -0.0800. The van der Waals surface area contributed by atoms with Crippen LogP contribution in [0.3, 0.4) is 0 Å². The summed E-state index contributed by atoms with van der Waals surface area (Å²) in [5.41, 5.74) is 5.66. The molecule has 1 saturated carbocycles. The van der Waals surface area contributed by atoms with Crippen LogP contribution in [0, 0.1) is 0 Å². The van der Waals surface area contributed by atoms with Crippen molar-refractivity contribution in [3.63, 3.8) is 0 Å². The molecule has 0 amide bonds. The van der Waals surface area contributed by atoms with Crippen molar-refractivity contribution in [2.24, 2.45) is 5.73 Å². The molecule has 2 N–H and O–H groups in total. The van der Waals surface area contributed by atoms with Gasteiger partial charge in [0.15, 0.2) is 0 Å². The average Bonchev–Trinajstić information content (AvgIpc) is 2.44. The zero-order valence-corrected chi connectivity index (χ0v) is 14.6. The van der Waals surface area contributed by atoms with Crippen LogP contribution in [0.1, 0.15) is 96.8 Å². The van der Waals surface area contributed by atoms with Gasteiger partial charge in [-0.05, 0) is 45.3 Å². The first-order chi connectivity index (χ1) is 10.4. The summed E-state index contributed by atoms with van der Waals surface area (Å²) in [5.74, 6) is 0. The summed E-state index contributed by atoms with van der Waals surface area (Å²) in [6.45, 7) is 5.70. The van der Waals surface area contributed by atoms with Crippen molar-refractivity contribution >= 4 is 0 Å². The molecule has 0 aromatic carbocycles. The van der Waals surface area contributed by atoms with E-state index in [4.69, 9.17) is 5.73 Å². The van der Waals surface area contributed by atoms with Gasteiger partial charge in [-0.3, -0.25) is 0 Å². The van der Waals surface area contributed by atoms with E-state index in [0.29, 0.717) is 0 Å². The first-order valence-corrected chi connectivity index (χ1v) is 9.82. The molecular weight excluding hydrogens is 256 g/mol. The second-order valence-corrected chi connectivity index (χ2v) is 6.94. The van der Waals surface area contributed by atoms with Gasteiger partial charge in [-0.1, -0.05) is 71.1 Å². The molecule has 0 aromatic heterocycles. The topological polar surface area (TPSA) is 29.3 Å². The minimum Gasteiger partial charge on any atom is -0.330 e. The lowest BCUT2D eigenvalue weighted by Gasteiger charge is -2.37. The number of rotatable bonds is 15. The van der Waals surface area contributed by atoms with E-state index in [1.807, 2.05) is 0 Å². The third kappa shape index (κ3) is 9.52. The van der Waals surface area contributed by atoms with Crippen LogP contribution in [0.15, 0.2) is 0 Å². The van der Waals surface area contributed by atoms with Gasteiger partial charge >= 0.3 is 0 Å². The SMILES string of the molecule is CCCCCCCCCCCCN(CCCN)C1CCC1. The molecule has 1 aliphatic carbocycles. The van der Waals surface area contributed by atoms with Crippen LogP contribution < -0.4 is 5.73 Å².